The fourth-order valence-electron chi connectivity index (χ4n) is 3.59. The Labute approximate surface area is 165 Å². The second-order valence-electron chi connectivity index (χ2n) is 7.61. The van der Waals surface area contributed by atoms with Gasteiger partial charge in [0.15, 0.2) is 0 Å². The quantitative estimate of drug-likeness (QED) is 0.458. The van der Waals surface area contributed by atoms with Crippen LogP contribution in [0.4, 0.5) is 4.79 Å². The molecule has 2 saturated heterocycles. The maximum atomic E-state index is 12.8. The van der Waals surface area contributed by atoms with Crippen LogP contribution in [0, 0.1) is 6.92 Å². The molecule has 1 unspecified atom stereocenters. The Kier molecular flexibility index (Phi) is 6.31. The first kappa shape index (κ1) is 20.3. The van der Waals surface area contributed by atoms with Gasteiger partial charge in [-0.15, -0.1) is 0 Å². The number of nitrogens with one attached hydrogen (secondary N) is 3. The molecule has 0 saturated carbocycles. The second-order valence-corrected chi connectivity index (χ2v) is 7.61. The minimum Gasteiger partial charge on any atom is -0.354 e. The minimum atomic E-state index is -1.15. The summed E-state index contributed by atoms with van der Waals surface area (Å²) in [6.45, 7) is 8.86. The first-order valence-electron chi connectivity index (χ1n) is 9.81. The standard InChI is InChI=1S/C20H29N5O3/c1-15-4-6-16(7-5-15)20(2)18(27)25(19(28)23-20)14-17(26)22-8-3-11-24-12-9-21-10-13-24/h4-7,21H,3,8-14H2,1-2H3,(H,22,26)(H,23,28). The summed E-state index contributed by atoms with van der Waals surface area (Å²) in [5.74, 6) is -0.728. The van der Waals surface area contributed by atoms with E-state index in [0.29, 0.717) is 12.1 Å². The van der Waals surface area contributed by atoms with Crippen LogP contribution in [0.1, 0.15) is 24.5 Å². The predicted octanol–water partition coefficient (Wildman–Crippen LogP) is 0.174. The molecule has 8 heteroatoms. The molecule has 1 atom stereocenters. The van der Waals surface area contributed by atoms with E-state index >= 15 is 0 Å². The Balaban J connectivity index is 1.49. The van der Waals surface area contributed by atoms with Gasteiger partial charge in [-0.3, -0.25) is 14.5 Å². The minimum absolute atomic E-state index is 0.264. The zero-order chi connectivity index (χ0) is 20.1. The van der Waals surface area contributed by atoms with Gasteiger partial charge in [-0.05, 0) is 32.4 Å². The van der Waals surface area contributed by atoms with Crippen molar-refractivity contribution >= 4 is 17.8 Å². The number of imide groups is 1. The molecule has 1 aromatic rings. The summed E-state index contributed by atoms with van der Waals surface area (Å²) in [6, 6.07) is 6.91. The van der Waals surface area contributed by atoms with Crippen molar-refractivity contribution in [3.8, 4) is 0 Å². The zero-order valence-corrected chi connectivity index (χ0v) is 16.6. The van der Waals surface area contributed by atoms with E-state index in [1.807, 2.05) is 31.2 Å². The van der Waals surface area contributed by atoms with Gasteiger partial charge in [0.25, 0.3) is 5.91 Å². The Morgan fingerprint density at radius 3 is 2.54 bits per heavy atom. The highest BCUT2D eigenvalue weighted by Crippen LogP contribution is 2.28. The maximum Gasteiger partial charge on any atom is 0.325 e. The van der Waals surface area contributed by atoms with Crippen molar-refractivity contribution in [2.75, 3.05) is 45.8 Å². The molecule has 8 nitrogen and oxygen atoms in total. The van der Waals surface area contributed by atoms with Gasteiger partial charge >= 0.3 is 6.03 Å². The molecule has 3 N–H and O–H groups in total. The molecular formula is C20H29N5O3. The van der Waals surface area contributed by atoms with E-state index in [-0.39, 0.29) is 12.5 Å². The van der Waals surface area contributed by atoms with Gasteiger partial charge in [0.2, 0.25) is 5.91 Å². The van der Waals surface area contributed by atoms with Crippen LogP contribution in [0.15, 0.2) is 24.3 Å². The number of aryl methyl sites for hydroxylation is 1. The van der Waals surface area contributed by atoms with Crippen molar-refractivity contribution in [3.05, 3.63) is 35.4 Å². The highest BCUT2D eigenvalue weighted by molar-refractivity contribution is 6.09. The van der Waals surface area contributed by atoms with Gasteiger partial charge in [0.05, 0.1) is 0 Å². The van der Waals surface area contributed by atoms with Crippen LogP contribution in [-0.4, -0.2) is 73.5 Å². The molecule has 2 heterocycles. The highest BCUT2D eigenvalue weighted by Gasteiger charge is 2.49. The lowest BCUT2D eigenvalue weighted by Gasteiger charge is -2.27. The van der Waals surface area contributed by atoms with E-state index in [2.05, 4.69) is 20.9 Å². The van der Waals surface area contributed by atoms with Crippen LogP contribution >= 0.6 is 0 Å². The van der Waals surface area contributed by atoms with Gasteiger partial charge < -0.3 is 20.9 Å². The number of carbonyl (C=O) groups is 3. The van der Waals surface area contributed by atoms with E-state index in [9.17, 15) is 14.4 Å². The van der Waals surface area contributed by atoms with Gasteiger partial charge in [-0.1, -0.05) is 29.8 Å². The average molecular weight is 387 g/mol. The summed E-state index contributed by atoms with van der Waals surface area (Å²) < 4.78 is 0. The smallest absolute Gasteiger partial charge is 0.325 e. The zero-order valence-electron chi connectivity index (χ0n) is 16.6. The molecule has 0 aliphatic carbocycles. The van der Waals surface area contributed by atoms with Crippen molar-refractivity contribution in [1.82, 2.24) is 25.8 Å². The number of benzene rings is 1. The van der Waals surface area contributed by atoms with E-state index in [1.165, 1.54) is 0 Å². The number of urea groups is 1. The molecule has 0 aromatic heterocycles. The first-order chi connectivity index (χ1) is 13.4. The fraction of sp³-hybridized carbons (Fsp3) is 0.550. The van der Waals surface area contributed by atoms with E-state index in [0.717, 1.165) is 49.6 Å². The Morgan fingerprint density at radius 1 is 1.18 bits per heavy atom. The Bertz CT molecular complexity index is 730. The molecule has 1 aromatic carbocycles. The number of nitrogens with zero attached hydrogens (tertiary/aromatic N) is 2. The van der Waals surface area contributed by atoms with Crippen LogP contribution in [0.3, 0.4) is 0 Å². The summed E-state index contributed by atoms with van der Waals surface area (Å²) in [7, 11) is 0. The molecular weight excluding hydrogens is 358 g/mol. The molecule has 0 radical (unpaired) electrons. The van der Waals surface area contributed by atoms with Crippen molar-refractivity contribution in [1.29, 1.82) is 0 Å². The van der Waals surface area contributed by atoms with Gasteiger partial charge in [0.1, 0.15) is 12.1 Å². The molecule has 0 bridgehead atoms. The summed E-state index contributed by atoms with van der Waals surface area (Å²) in [4.78, 5) is 40.7. The van der Waals surface area contributed by atoms with Crippen molar-refractivity contribution in [2.24, 2.45) is 0 Å². The molecule has 0 spiro atoms. The monoisotopic (exact) mass is 387 g/mol. The van der Waals surface area contributed by atoms with Crippen LogP contribution in [0.5, 0.6) is 0 Å². The van der Waals surface area contributed by atoms with Crippen molar-refractivity contribution < 1.29 is 14.4 Å². The summed E-state index contributed by atoms with van der Waals surface area (Å²) >= 11 is 0. The predicted molar refractivity (Wildman–Crippen MR) is 106 cm³/mol. The third kappa shape index (κ3) is 4.51. The number of amides is 4. The molecule has 152 valence electrons. The van der Waals surface area contributed by atoms with Crippen molar-refractivity contribution in [3.63, 3.8) is 0 Å². The lowest BCUT2D eigenvalue weighted by atomic mass is 9.91. The Morgan fingerprint density at radius 2 is 1.86 bits per heavy atom. The average Bonchev–Trinajstić information content (AvgIpc) is 2.90. The topological polar surface area (TPSA) is 93.8 Å². The highest BCUT2D eigenvalue weighted by atomic mass is 16.2. The molecule has 2 aliphatic heterocycles. The van der Waals surface area contributed by atoms with Gasteiger partial charge in [-0.2, -0.15) is 0 Å². The van der Waals surface area contributed by atoms with E-state index in [4.69, 9.17) is 0 Å². The molecule has 28 heavy (non-hydrogen) atoms. The molecule has 2 fully saturated rings. The SMILES string of the molecule is Cc1ccc(C2(C)NC(=O)N(CC(=O)NCCCN3CCNCC3)C2=O)cc1. The normalized spacial score (nSPS) is 23.0. The van der Waals surface area contributed by atoms with E-state index < -0.39 is 17.5 Å². The maximum absolute atomic E-state index is 12.8. The van der Waals surface area contributed by atoms with E-state index in [1.54, 1.807) is 6.92 Å². The molecule has 2 aliphatic rings. The van der Waals surface area contributed by atoms with Crippen LogP contribution in [-0.2, 0) is 15.1 Å². The molecule has 4 amide bonds. The fourth-order valence-corrected chi connectivity index (χ4v) is 3.59. The number of carbonyl (C=O) groups excluding carboxylic acids is 3. The number of hydrogen-bond donors (Lipinski definition) is 3. The summed E-state index contributed by atoms with van der Waals surface area (Å²) in [6.07, 6.45) is 0.840. The lowest BCUT2D eigenvalue weighted by molar-refractivity contribution is -0.134. The lowest BCUT2D eigenvalue weighted by Crippen LogP contribution is -2.45. The molecule has 3 rings (SSSR count). The largest absolute Gasteiger partial charge is 0.354 e. The first-order valence-corrected chi connectivity index (χ1v) is 9.81. The second kappa shape index (κ2) is 8.70. The van der Waals surface area contributed by atoms with Crippen LogP contribution in [0.2, 0.25) is 0 Å². The van der Waals surface area contributed by atoms with Gasteiger partial charge in [-0.25, -0.2) is 4.79 Å². The third-order valence-corrected chi connectivity index (χ3v) is 5.39. The Hall–Kier alpha value is -2.45. The summed E-state index contributed by atoms with van der Waals surface area (Å²) in [5, 5.41) is 8.84. The number of hydrogen-bond acceptors (Lipinski definition) is 5. The number of rotatable bonds is 7. The van der Waals surface area contributed by atoms with Gasteiger partial charge in [0, 0.05) is 32.7 Å². The summed E-state index contributed by atoms with van der Waals surface area (Å²) in [5.41, 5.74) is 0.629. The van der Waals surface area contributed by atoms with Crippen LogP contribution in [0.25, 0.3) is 0 Å². The van der Waals surface area contributed by atoms with Crippen LogP contribution < -0.4 is 16.0 Å². The third-order valence-electron chi connectivity index (χ3n) is 5.39. The van der Waals surface area contributed by atoms with Crippen molar-refractivity contribution in [2.45, 2.75) is 25.8 Å². The number of piperazine rings is 1.